The van der Waals surface area contributed by atoms with Crippen LogP contribution in [0.4, 0.5) is 13.2 Å². The highest BCUT2D eigenvalue weighted by Gasteiger charge is 2.31. The second kappa shape index (κ2) is 9.14. The van der Waals surface area contributed by atoms with Gasteiger partial charge in [-0.1, -0.05) is 18.2 Å². The number of rotatable bonds is 5. The molecule has 0 aliphatic carbocycles. The maximum absolute atomic E-state index is 12.5. The third kappa shape index (κ3) is 5.18. The van der Waals surface area contributed by atoms with Gasteiger partial charge >= 0.3 is 6.36 Å². The second-order valence-electron chi connectivity index (χ2n) is 7.88. The van der Waals surface area contributed by atoms with Crippen molar-refractivity contribution in [3.63, 3.8) is 0 Å². The molecule has 172 valence electrons. The van der Waals surface area contributed by atoms with Crippen LogP contribution in [0.25, 0.3) is 22.6 Å². The number of benzene rings is 1. The second-order valence-corrected chi connectivity index (χ2v) is 7.88. The summed E-state index contributed by atoms with van der Waals surface area (Å²) in [6, 6.07) is 9.53. The number of nitrogens with zero attached hydrogens (tertiary/aromatic N) is 6. The van der Waals surface area contributed by atoms with Crippen LogP contribution in [-0.4, -0.2) is 42.7 Å². The number of hydrogen-bond donors (Lipinski definition) is 0. The van der Waals surface area contributed by atoms with Crippen molar-refractivity contribution in [2.45, 2.75) is 25.9 Å². The fourth-order valence-electron chi connectivity index (χ4n) is 3.86. The highest BCUT2D eigenvalue weighted by atomic mass is 19.4. The van der Waals surface area contributed by atoms with Gasteiger partial charge in [0.05, 0.1) is 17.0 Å². The Labute approximate surface area is 193 Å². The third-order valence-corrected chi connectivity index (χ3v) is 5.43. The first-order valence-electron chi connectivity index (χ1n) is 10.6. The molecular weight excluding hydrogens is 445 g/mol. The van der Waals surface area contributed by atoms with Crippen molar-refractivity contribution >= 4 is 0 Å². The van der Waals surface area contributed by atoms with Crippen LogP contribution < -0.4 is 4.74 Å². The predicted molar refractivity (Wildman–Crippen MR) is 117 cm³/mol. The zero-order valence-corrected chi connectivity index (χ0v) is 17.9. The summed E-state index contributed by atoms with van der Waals surface area (Å²) in [4.78, 5) is 23.9. The van der Waals surface area contributed by atoms with Gasteiger partial charge in [-0.3, -0.25) is 9.88 Å². The number of pyridine rings is 1. The van der Waals surface area contributed by atoms with Crippen LogP contribution in [0.1, 0.15) is 16.8 Å². The topological polar surface area (TPSA) is 76.9 Å². The van der Waals surface area contributed by atoms with Gasteiger partial charge in [-0.25, -0.2) is 19.9 Å². The summed E-state index contributed by atoms with van der Waals surface area (Å²) < 4.78 is 41.5. The van der Waals surface area contributed by atoms with Crippen LogP contribution in [0, 0.1) is 0 Å². The Hall–Kier alpha value is -3.92. The van der Waals surface area contributed by atoms with Gasteiger partial charge in [0, 0.05) is 62.0 Å². The smallest absolute Gasteiger partial charge is 0.406 e. The lowest BCUT2D eigenvalue weighted by Crippen LogP contribution is -2.31. The molecule has 0 spiro atoms. The molecule has 7 nitrogen and oxygen atoms in total. The van der Waals surface area contributed by atoms with E-state index in [0.717, 1.165) is 41.9 Å². The Bertz CT molecular complexity index is 1280. The molecule has 0 bridgehead atoms. The lowest BCUT2D eigenvalue weighted by atomic mass is 10.1. The van der Waals surface area contributed by atoms with E-state index in [1.54, 1.807) is 30.7 Å². The average Bonchev–Trinajstić information content (AvgIpc) is 2.84. The van der Waals surface area contributed by atoms with Crippen LogP contribution >= 0.6 is 0 Å². The molecule has 4 aromatic rings. The molecule has 0 saturated heterocycles. The highest BCUT2D eigenvalue weighted by Crippen LogP contribution is 2.27. The summed E-state index contributed by atoms with van der Waals surface area (Å²) in [6.07, 6.45) is 4.54. The number of aromatic nitrogens is 5. The Balaban J connectivity index is 1.25. The van der Waals surface area contributed by atoms with Crippen LogP contribution in [-0.2, 0) is 19.5 Å². The van der Waals surface area contributed by atoms with Gasteiger partial charge in [0.2, 0.25) is 0 Å². The number of halogens is 3. The molecule has 1 aromatic carbocycles. The van der Waals surface area contributed by atoms with E-state index in [1.165, 1.54) is 24.5 Å². The molecule has 0 amide bonds. The molecule has 0 unspecified atom stereocenters. The summed E-state index contributed by atoms with van der Waals surface area (Å²) in [5, 5.41) is 0. The lowest BCUT2D eigenvalue weighted by molar-refractivity contribution is -0.274. The number of hydrogen-bond acceptors (Lipinski definition) is 7. The fraction of sp³-hybridized carbons (Fsp3) is 0.208. The summed E-state index contributed by atoms with van der Waals surface area (Å²) in [5.74, 6) is 0.352. The molecule has 1 aliphatic rings. The molecule has 0 fully saturated rings. The van der Waals surface area contributed by atoms with Crippen molar-refractivity contribution in [3.8, 4) is 28.4 Å². The minimum absolute atomic E-state index is 0.270. The Morgan fingerprint density at radius 1 is 0.941 bits per heavy atom. The van der Waals surface area contributed by atoms with Crippen molar-refractivity contribution in [2.24, 2.45) is 0 Å². The Morgan fingerprint density at radius 2 is 1.79 bits per heavy atom. The Morgan fingerprint density at radius 3 is 2.56 bits per heavy atom. The summed E-state index contributed by atoms with van der Waals surface area (Å²) in [7, 11) is 0. The minimum atomic E-state index is -4.73. The van der Waals surface area contributed by atoms with Crippen molar-refractivity contribution in [2.75, 3.05) is 6.54 Å². The van der Waals surface area contributed by atoms with Gasteiger partial charge in [0.1, 0.15) is 12.1 Å². The number of alkyl halides is 3. The van der Waals surface area contributed by atoms with E-state index in [9.17, 15) is 13.2 Å². The molecule has 4 heterocycles. The van der Waals surface area contributed by atoms with Crippen molar-refractivity contribution in [1.82, 2.24) is 29.8 Å². The zero-order valence-electron chi connectivity index (χ0n) is 17.9. The standard InChI is InChI=1S/C24H19F3N6O/c25-24(26,27)34-20-3-1-2-17(8-20)21-5-4-16(9-30-21)13-33-7-6-22-19(14-33)12-31-23(32-22)18-10-28-15-29-11-18/h1-5,8-12,15H,6-7,13-14H2. The first-order chi connectivity index (χ1) is 16.4. The van der Waals surface area contributed by atoms with E-state index in [0.29, 0.717) is 23.6 Å². The van der Waals surface area contributed by atoms with E-state index in [-0.39, 0.29) is 5.75 Å². The molecule has 5 rings (SSSR count). The first-order valence-corrected chi connectivity index (χ1v) is 10.6. The molecule has 0 N–H and O–H groups in total. The van der Waals surface area contributed by atoms with Gasteiger partial charge in [-0.15, -0.1) is 13.2 Å². The van der Waals surface area contributed by atoms with Gasteiger partial charge in [-0.2, -0.15) is 0 Å². The molecule has 10 heteroatoms. The highest BCUT2D eigenvalue weighted by molar-refractivity contribution is 5.61. The van der Waals surface area contributed by atoms with E-state index in [4.69, 9.17) is 0 Å². The predicted octanol–water partition coefficient (Wildman–Crippen LogP) is 4.45. The normalized spacial score (nSPS) is 14.0. The molecule has 3 aromatic heterocycles. The molecule has 0 atom stereocenters. The van der Waals surface area contributed by atoms with Crippen LogP contribution in [0.5, 0.6) is 5.75 Å². The average molecular weight is 464 g/mol. The van der Waals surface area contributed by atoms with E-state index >= 15 is 0 Å². The maximum Gasteiger partial charge on any atom is 0.573 e. The van der Waals surface area contributed by atoms with Crippen molar-refractivity contribution in [3.05, 3.63) is 84.3 Å². The fourth-order valence-corrected chi connectivity index (χ4v) is 3.86. The molecule has 0 saturated carbocycles. The molecular formula is C24H19F3N6O. The minimum Gasteiger partial charge on any atom is -0.406 e. The summed E-state index contributed by atoms with van der Waals surface area (Å²) in [5.41, 5.74) is 5.03. The molecule has 34 heavy (non-hydrogen) atoms. The van der Waals surface area contributed by atoms with E-state index < -0.39 is 6.36 Å². The van der Waals surface area contributed by atoms with Gasteiger partial charge < -0.3 is 4.74 Å². The monoisotopic (exact) mass is 464 g/mol. The van der Waals surface area contributed by atoms with E-state index in [1.807, 2.05) is 12.3 Å². The zero-order chi connectivity index (χ0) is 23.5. The van der Waals surface area contributed by atoms with Gasteiger partial charge in [0.25, 0.3) is 0 Å². The number of ether oxygens (including phenoxy) is 1. The SMILES string of the molecule is FC(F)(F)Oc1cccc(-c2ccc(CN3CCc4nc(-c5cncnc5)ncc4C3)cn2)c1. The molecule has 1 aliphatic heterocycles. The van der Waals surface area contributed by atoms with Crippen LogP contribution in [0.15, 0.2) is 67.5 Å². The summed E-state index contributed by atoms with van der Waals surface area (Å²) >= 11 is 0. The lowest BCUT2D eigenvalue weighted by Gasteiger charge is -2.28. The number of fused-ring (bicyclic) bond motifs is 1. The van der Waals surface area contributed by atoms with E-state index in [2.05, 4.69) is 34.6 Å². The van der Waals surface area contributed by atoms with Crippen molar-refractivity contribution in [1.29, 1.82) is 0 Å². The molecule has 0 radical (unpaired) electrons. The van der Waals surface area contributed by atoms with Crippen LogP contribution in [0.3, 0.4) is 0 Å². The van der Waals surface area contributed by atoms with Gasteiger partial charge in [-0.05, 0) is 23.8 Å². The Kier molecular flexibility index (Phi) is 5.89. The van der Waals surface area contributed by atoms with Crippen LogP contribution in [0.2, 0.25) is 0 Å². The first kappa shape index (κ1) is 21.9. The van der Waals surface area contributed by atoms with Gasteiger partial charge in [0.15, 0.2) is 5.82 Å². The largest absolute Gasteiger partial charge is 0.573 e. The van der Waals surface area contributed by atoms with Crippen molar-refractivity contribution < 1.29 is 17.9 Å². The summed E-state index contributed by atoms with van der Waals surface area (Å²) in [6.45, 7) is 2.25. The third-order valence-electron chi connectivity index (χ3n) is 5.43. The maximum atomic E-state index is 12.5. The quantitative estimate of drug-likeness (QED) is 0.432.